The van der Waals surface area contributed by atoms with Crippen molar-refractivity contribution in [3.05, 3.63) is 41.5 Å². The van der Waals surface area contributed by atoms with Gasteiger partial charge in [-0.1, -0.05) is 25.2 Å². The highest BCUT2D eigenvalue weighted by Gasteiger charge is 2.19. The molecular formula is C15H18N2. The van der Waals surface area contributed by atoms with E-state index < -0.39 is 0 Å². The van der Waals surface area contributed by atoms with Crippen LogP contribution in [0.1, 0.15) is 37.0 Å². The van der Waals surface area contributed by atoms with Gasteiger partial charge in [-0.25, -0.2) is 4.98 Å². The number of aromatic nitrogens is 2. The first kappa shape index (κ1) is 10.6. The molecule has 0 radical (unpaired) electrons. The predicted molar refractivity (Wildman–Crippen MR) is 71.5 cm³/mol. The summed E-state index contributed by atoms with van der Waals surface area (Å²) in [5.74, 6) is 1.72. The normalized spacial score (nSPS) is 22.5. The lowest BCUT2D eigenvalue weighted by atomic mass is 9.98. The van der Waals surface area contributed by atoms with Gasteiger partial charge >= 0.3 is 0 Å². The maximum Gasteiger partial charge on any atom is 0.110 e. The summed E-state index contributed by atoms with van der Waals surface area (Å²) in [5.41, 5.74) is 3.80. The van der Waals surface area contributed by atoms with Crippen molar-refractivity contribution >= 4 is 11.8 Å². The highest BCUT2D eigenvalue weighted by Crippen LogP contribution is 2.27. The van der Waals surface area contributed by atoms with Crippen LogP contribution in [0.15, 0.2) is 24.3 Å². The van der Waals surface area contributed by atoms with Crippen molar-refractivity contribution in [3.8, 4) is 0 Å². The average molecular weight is 226 g/mol. The highest BCUT2D eigenvalue weighted by molar-refractivity contribution is 5.66. The van der Waals surface area contributed by atoms with E-state index in [-0.39, 0.29) is 0 Å². The molecule has 0 aliphatic heterocycles. The Labute approximate surface area is 102 Å². The zero-order valence-electron chi connectivity index (χ0n) is 10.5. The third-order valence-corrected chi connectivity index (χ3v) is 3.49. The fourth-order valence-corrected chi connectivity index (χ4v) is 2.65. The Kier molecular flexibility index (Phi) is 2.50. The Hall–Kier alpha value is -1.57. The largest absolute Gasteiger partial charge is 0.297 e. The van der Waals surface area contributed by atoms with Crippen LogP contribution < -0.4 is 0 Å². The molecule has 3 rings (SSSR count). The third-order valence-electron chi connectivity index (χ3n) is 3.49. The van der Waals surface area contributed by atoms with Gasteiger partial charge in [0.15, 0.2) is 0 Å². The Morgan fingerprint density at radius 2 is 2.18 bits per heavy atom. The molecule has 0 fully saturated rings. The zero-order chi connectivity index (χ0) is 11.8. The number of allylic oxidation sites excluding steroid dienone is 5. The first-order chi connectivity index (χ1) is 8.25. The molecule has 88 valence electrons. The lowest BCUT2D eigenvalue weighted by Gasteiger charge is -2.16. The van der Waals surface area contributed by atoms with Crippen molar-refractivity contribution in [1.29, 1.82) is 0 Å². The summed E-state index contributed by atoms with van der Waals surface area (Å²) in [6.07, 6.45) is 14.6. The van der Waals surface area contributed by atoms with E-state index in [1.165, 1.54) is 17.1 Å². The number of hydrogen-bond donors (Lipinski definition) is 0. The van der Waals surface area contributed by atoms with Crippen LogP contribution in [-0.4, -0.2) is 9.55 Å². The molecule has 2 heteroatoms. The molecule has 2 aliphatic carbocycles. The highest BCUT2D eigenvalue weighted by atomic mass is 15.1. The maximum atomic E-state index is 4.71. The van der Waals surface area contributed by atoms with E-state index in [0.29, 0.717) is 5.92 Å². The molecule has 1 heterocycles. The second-order valence-electron chi connectivity index (χ2n) is 4.98. The topological polar surface area (TPSA) is 17.8 Å². The number of imidazole rings is 1. The molecule has 0 spiro atoms. The summed E-state index contributed by atoms with van der Waals surface area (Å²) >= 11 is 0. The van der Waals surface area contributed by atoms with Gasteiger partial charge < -0.3 is 0 Å². The average Bonchev–Trinajstić information content (AvgIpc) is 2.65. The van der Waals surface area contributed by atoms with Crippen molar-refractivity contribution in [3.63, 3.8) is 0 Å². The number of aryl methyl sites for hydroxylation is 1. The standard InChI is InChI=1S/C15H18N2/c1-11-8-9-15-14(10-11)16-12(2)17(15)13-6-4-3-5-7-13/h4,6-9,11H,3,5,10H2,1-2H3. The zero-order valence-corrected chi connectivity index (χ0v) is 10.5. The van der Waals surface area contributed by atoms with E-state index in [0.717, 1.165) is 25.1 Å². The van der Waals surface area contributed by atoms with Gasteiger partial charge in [0, 0.05) is 5.70 Å². The van der Waals surface area contributed by atoms with E-state index in [9.17, 15) is 0 Å². The van der Waals surface area contributed by atoms with Gasteiger partial charge in [0.2, 0.25) is 0 Å². The first-order valence-corrected chi connectivity index (χ1v) is 6.39. The van der Waals surface area contributed by atoms with Crippen molar-refractivity contribution < 1.29 is 0 Å². The van der Waals surface area contributed by atoms with Gasteiger partial charge in [0.05, 0.1) is 11.4 Å². The van der Waals surface area contributed by atoms with Crippen LogP contribution in [0.4, 0.5) is 0 Å². The molecule has 1 aromatic rings. The fourth-order valence-electron chi connectivity index (χ4n) is 2.65. The molecule has 0 saturated carbocycles. The van der Waals surface area contributed by atoms with Crippen LogP contribution >= 0.6 is 0 Å². The molecule has 0 aromatic carbocycles. The minimum atomic E-state index is 0.612. The number of rotatable bonds is 1. The molecule has 2 nitrogen and oxygen atoms in total. The number of fused-ring (bicyclic) bond motifs is 1. The monoisotopic (exact) mass is 226 g/mol. The smallest absolute Gasteiger partial charge is 0.110 e. The second kappa shape index (κ2) is 4.02. The summed E-state index contributed by atoms with van der Waals surface area (Å²) in [4.78, 5) is 4.71. The molecular weight excluding hydrogens is 208 g/mol. The molecule has 0 amide bonds. The van der Waals surface area contributed by atoms with Crippen LogP contribution in [0.25, 0.3) is 11.8 Å². The maximum absolute atomic E-state index is 4.71. The predicted octanol–water partition coefficient (Wildman–Crippen LogP) is 3.59. The summed E-state index contributed by atoms with van der Waals surface area (Å²) in [6, 6.07) is 0. The van der Waals surface area contributed by atoms with E-state index in [1.54, 1.807) is 0 Å². The minimum Gasteiger partial charge on any atom is -0.297 e. The minimum absolute atomic E-state index is 0.612. The van der Waals surface area contributed by atoms with Gasteiger partial charge in [0.1, 0.15) is 5.82 Å². The summed E-state index contributed by atoms with van der Waals surface area (Å²) in [5, 5.41) is 0. The molecule has 1 aromatic heterocycles. The molecule has 0 bridgehead atoms. The van der Waals surface area contributed by atoms with Crippen LogP contribution in [0.3, 0.4) is 0 Å². The van der Waals surface area contributed by atoms with Crippen LogP contribution in [0.5, 0.6) is 0 Å². The van der Waals surface area contributed by atoms with Gasteiger partial charge in [-0.2, -0.15) is 0 Å². The number of hydrogen-bond acceptors (Lipinski definition) is 1. The van der Waals surface area contributed by atoms with E-state index >= 15 is 0 Å². The van der Waals surface area contributed by atoms with Gasteiger partial charge in [-0.05, 0) is 44.3 Å². The van der Waals surface area contributed by atoms with Crippen molar-refractivity contribution in [2.45, 2.75) is 33.1 Å². The Morgan fingerprint density at radius 3 is 2.94 bits per heavy atom. The SMILES string of the molecule is Cc1nc2c(n1C1=CCCC=C1)C=CC(C)C2. The lowest BCUT2D eigenvalue weighted by Crippen LogP contribution is -2.07. The first-order valence-electron chi connectivity index (χ1n) is 6.39. The molecule has 2 aliphatic rings. The van der Waals surface area contributed by atoms with Crippen LogP contribution in [0, 0.1) is 12.8 Å². The third kappa shape index (κ3) is 1.78. The molecule has 17 heavy (non-hydrogen) atoms. The molecule has 1 unspecified atom stereocenters. The Bertz CT molecular complexity index is 529. The fraction of sp³-hybridized carbons (Fsp3) is 0.400. The van der Waals surface area contributed by atoms with Crippen LogP contribution in [0.2, 0.25) is 0 Å². The Morgan fingerprint density at radius 1 is 1.29 bits per heavy atom. The number of nitrogens with zero attached hydrogens (tertiary/aromatic N) is 2. The van der Waals surface area contributed by atoms with Crippen molar-refractivity contribution in [1.82, 2.24) is 9.55 Å². The van der Waals surface area contributed by atoms with Crippen molar-refractivity contribution in [2.75, 3.05) is 0 Å². The van der Waals surface area contributed by atoms with E-state index in [1.807, 2.05) is 0 Å². The van der Waals surface area contributed by atoms with E-state index in [4.69, 9.17) is 4.98 Å². The van der Waals surface area contributed by atoms with Crippen LogP contribution in [-0.2, 0) is 6.42 Å². The molecule has 0 saturated heterocycles. The van der Waals surface area contributed by atoms with Gasteiger partial charge in [0.25, 0.3) is 0 Å². The van der Waals surface area contributed by atoms with Crippen molar-refractivity contribution in [2.24, 2.45) is 5.92 Å². The van der Waals surface area contributed by atoms with Gasteiger partial charge in [-0.3, -0.25) is 4.57 Å². The summed E-state index contributed by atoms with van der Waals surface area (Å²) in [6.45, 7) is 4.34. The second-order valence-corrected chi connectivity index (χ2v) is 4.98. The van der Waals surface area contributed by atoms with E-state index in [2.05, 4.69) is 48.8 Å². The van der Waals surface area contributed by atoms with Gasteiger partial charge in [-0.15, -0.1) is 0 Å². The summed E-state index contributed by atoms with van der Waals surface area (Å²) < 4.78 is 2.29. The summed E-state index contributed by atoms with van der Waals surface area (Å²) in [7, 11) is 0. The molecule has 1 atom stereocenters. The molecule has 0 N–H and O–H groups in total. The quantitative estimate of drug-likeness (QED) is 0.715. The Balaban J connectivity index is 2.10. The lowest BCUT2D eigenvalue weighted by molar-refractivity contribution is 0.701.